The van der Waals surface area contributed by atoms with Crippen molar-refractivity contribution in [2.75, 3.05) is 18.0 Å². The summed E-state index contributed by atoms with van der Waals surface area (Å²) < 4.78 is 0. The molecule has 0 unspecified atom stereocenters. The van der Waals surface area contributed by atoms with Gasteiger partial charge in [-0.15, -0.1) is 0 Å². The Morgan fingerprint density at radius 1 is 0.833 bits per heavy atom. The number of carbonyl (C=O) groups excluding carboxylic acids is 2. The zero-order valence-corrected chi connectivity index (χ0v) is 16.7. The Morgan fingerprint density at radius 2 is 1.53 bits per heavy atom. The fraction of sp³-hybridized carbons (Fsp3) is 0.200. The van der Waals surface area contributed by atoms with Crippen LogP contribution in [0, 0.1) is 0 Å². The number of rotatable bonds is 4. The van der Waals surface area contributed by atoms with Gasteiger partial charge in [-0.05, 0) is 41.5 Å². The quantitative estimate of drug-likeness (QED) is 0.520. The Bertz CT molecular complexity index is 1150. The molecule has 3 aromatic carbocycles. The summed E-state index contributed by atoms with van der Waals surface area (Å²) in [6.45, 7) is 2.42. The van der Waals surface area contributed by atoms with Gasteiger partial charge in [0, 0.05) is 24.2 Å². The largest absolute Gasteiger partial charge is 0.371 e. The zero-order valence-electron chi connectivity index (χ0n) is 16.7. The Hall–Kier alpha value is -3.60. The third kappa shape index (κ3) is 3.32. The number of urea groups is 1. The summed E-state index contributed by atoms with van der Waals surface area (Å²) in [4.78, 5) is 29.0. The first-order valence-electron chi connectivity index (χ1n) is 10.4. The molecule has 1 N–H and O–H groups in total. The van der Waals surface area contributed by atoms with Crippen LogP contribution < -0.4 is 10.2 Å². The molecular formula is C25H23N3O2. The van der Waals surface area contributed by atoms with Crippen molar-refractivity contribution in [3.8, 4) is 0 Å². The smallest absolute Gasteiger partial charge is 0.329 e. The van der Waals surface area contributed by atoms with E-state index in [0.717, 1.165) is 29.6 Å². The number of benzene rings is 3. The van der Waals surface area contributed by atoms with Gasteiger partial charge in [-0.2, -0.15) is 0 Å². The van der Waals surface area contributed by atoms with Crippen molar-refractivity contribution in [3.63, 3.8) is 0 Å². The van der Waals surface area contributed by atoms with Crippen molar-refractivity contribution in [1.29, 1.82) is 0 Å². The topological polar surface area (TPSA) is 52.7 Å². The summed E-state index contributed by atoms with van der Waals surface area (Å²) >= 11 is 0. The van der Waals surface area contributed by atoms with E-state index in [4.69, 9.17) is 0 Å². The third-order valence-corrected chi connectivity index (χ3v) is 5.83. The van der Waals surface area contributed by atoms with Gasteiger partial charge in [-0.25, -0.2) is 4.79 Å². The summed E-state index contributed by atoms with van der Waals surface area (Å²) in [5.74, 6) is -0.295. The summed E-state index contributed by atoms with van der Waals surface area (Å²) in [7, 11) is 0. The van der Waals surface area contributed by atoms with Crippen molar-refractivity contribution < 1.29 is 9.59 Å². The number of anilines is 1. The maximum atomic E-state index is 12.9. The van der Waals surface area contributed by atoms with Crippen molar-refractivity contribution in [2.45, 2.75) is 19.4 Å². The molecule has 30 heavy (non-hydrogen) atoms. The molecule has 2 aliphatic rings. The summed E-state index contributed by atoms with van der Waals surface area (Å²) in [5.41, 5.74) is 3.40. The molecule has 0 aliphatic carbocycles. The van der Waals surface area contributed by atoms with E-state index >= 15 is 0 Å². The van der Waals surface area contributed by atoms with Gasteiger partial charge >= 0.3 is 6.03 Å². The second-order valence-electron chi connectivity index (χ2n) is 7.78. The Labute approximate surface area is 175 Å². The van der Waals surface area contributed by atoms with Gasteiger partial charge in [0.05, 0.1) is 6.54 Å². The molecule has 0 atom stereocenters. The average molecular weight is 397 g/mol. The van der Waals surface area contributed by atoms with E-state index in [9.17, 15) is 9.59 Å². The van der Waals surface area contributed by atoms with Gasteiger partial charge in [0.25, 0.3) is 5.91 Å². The number of nitrogens with zero attached hydrogens (tertiary/aromatic N) is 2. The highest BCUT2D eigenvalue weighted by atomic mass is 16.2. The van der Waals surface area contributed by atoms with Crippen molar-refractivity contribution in [1.82, 2.24) is 10.2 Å². The molecule has 0 bridgehead atoms. The van der Waals surface area contributed by atoms with Gasteiger partial charge in [0.15, 0.2) is 0 Å². The Morgan fingerprint density at radius 3 is 2.30 bits per heavy atom. The fourth-order valence-corrected chi connectivity index (χ4v) is 4.30. The van der Waals surface area contributed by atoms with Crippen LogP contribution in [0.25, 0.3) is 16.8 Å². The molecule has 150 valence electrons. The minimum Gasteiger partial charge on any atom is -0.371 e. The van der Waals surface area contributed by atoms with Crippen LogP contribution in [0.4, 0.5) is 10.5 Å². The van der Waals surface area contributed by atoms with Gasteiger partial charge in [0.2, 0.25) is 0 Å². The lowest BCUT2D eigenvalue weighted by atomic mass is 10.0. The first-order chi connectivity index (χ1) is 14.7. The van der Waals surface area contributed by atoms with Crippen LogP contribution in [-0.2, 0) is 11.3 Å². The lowest BCUT2D eigenvalue weighted by Crippen LogP contribution is -2.30. The molecule has 5 rings (SSSR count). The fourth-order valence-electron chi connectivity index (χ4n) is 4.30. The van der Waals surface area contributed by atoms with Crippen LogP contribution in [0.1, 0.15) is 24.0 Å². The number of imide groups is 1. The predicted octanol–water partition coefficient (Wildman–Crippen LogP) is 4.53. The standard InChI is InChI=1S/C25H23N3O2/c29-24-22(26-25(30)28(24)17-18-8-2-1-3-9-18)16-19-12-13-23(27-14-6-7-15-27)21-11-5-4-10-20(19)21/h1-5,8-13,16H,6-7,14-15,17H2,(H,26,30)/b22-16+. The zero-order chi connectivity index (χ0) is 20.5. The maximum Gasteiger partial charge on any atom is 0.329 e. The summed E-state index contributed by atoms with van der Waals surface area (Å²) in [6, 6.07) is 21.6. The average Bonchev–Trinajstić information content (AvgIpc) is 3.40. The van der Waals surface area contributed by atoms with Crippen LogP contribution in [-0.4, -0.2) is 29.9 Å². The molecule has 5 nitrogen and oxygen atoms in total. The third-order valence-electron chi connectivity index (χ3n) is 5.83. The van der Waals surface area contributed by atoms with Crippen LogP contribution >= 0.6 is 0 Å². The van der Waals surface area contributed by atoms with Crippen molar-refractivity contribution in [3.05, 3.63) is 83.6 Å². The van der Waals surface area contributed by atoms with E-state index in [1.165, 1.54) is 28.8 Å². The number of amides is 3. The highest BCUT2D eigenvalue weighted by Gasteiger charge is 2.33. The molecule has 0 spiro atoms. The molecule has 3 aromatic rings. The highest BCUT2D eigenvalue weighted by Crippen LogP contribution is 2.33. The predicted molar refractivity (Wildman–Crippen MR) is 119 cm³/mol. The molecule has 2 saturated heterocycles. The van der Waals surface area contributed by atoms with E-state index < -0.39 is 0 Å². The second kappa shape index (κ2) is 7.67. The second-order valence-corrected chi connectivity index (χ2v) is 7.78. The first kappa shape index (κ1) is 18.4. The Kier molecular flexibility index (Phi) is 4.71. The van der Waals surface area contributed by atoms with E-state index in [-0.39, 0.29) is 18.5 Å². The molecule has 0 saturated carbocycles. The SMILES string of the molecule is O=C1N/C(=C/c2ccc(N3CCCC3)c3ccccc23)C(=O)N1Cc1ccccc1. The summed E-state index contributed by atoms with van der Waals surface area (Å²) in [6.07, 6.45) is 4.23. The molecular weight excluding hydrogens is 374 g/mol. The Balaban J connectivity index is 1.48. The molecule has 5 heteroatoms. The van der Waals surface area contributed by atoms with E-state index in [1.807, 2.05) is 48.5 Å². The van der Waals surface area contributed by atoms with Gasteiger partial charge in [0.1, 0.15) is 5.70 Å². The first-order valence-corrected chi connectivity index (χ1v) is 10.4. The van der Waals surface area contributed by atoms with Crippen molar-refractivity contribution >= 4 is 34.5 Å². The number of hydrogen-bond acceptors (Lipinski definition) is 3. The van der Waals surface area contributed by atoms with E-state index in [0.29, 0.717) is 5.70 Å². The minimum atomic E-state index is -0.381. The van der Waals surface area contributed by atoms with Gasteiger partial charge in [-0.1, -0.05) is 60.7 Å². The normalized spacial score (nSPS) is 17.9. The molecule has 0 aromatic heterocycles. The molecule has 2 aliphatic heterocycles. The number of hydrogen-bond donors (Lipinski definition) is 1. The highest BCUT2D eigenvalue weighted by molar-refractivity contribution is 6.15. The van der Waals surface area contributed by atoms with Crippen LogP contribution in [0.2, 0.25) is 0 Å². The van der Waals surface area contributed by atoms with Crippen molar-refractivity contribution in [2.24, 2.45) is 0 Å². The molecule has 2 fully saturated rings. The number of carbonyl (C=O) groups is 2. The van der Waals surface area contributed by atoms with Gasteiger partial charge < -0.3 is 10.2 Å². The summed E-state index contributed by atoms with van der Waals surface area (Å²) in [5, 5.41) is 5.00. The lowest BCUT2D eigenvalue weighted by molar-refractivity contribution is -0.123. The van der Waals surface area contributed by atoms with Gasteiger partial charge in [-0.3, -0.25) is 9.69 Å². The van der Waals surface area contributed by atoms with Crippen LogP contribution in [0.15, 0.2) is 72.4 Å². The number of nitrogens with one attached hydrogen (secondary N) is 1. The maximum absolute atomic E-state index is 12.9. The van der Waals surface area contributed by atoms with Crippen LogP contribution in [0.5, 0.6) is 0 Å². The lowest BCUT2D eigenvalue weighted by Gasteiger charge is -2.20. The van der Waals surface area contributed by atoms with E-state index in [1.54, 1.807) is 6.08 Å². The molecule has 2 heterocycles. The minimum absolute atomic E-state index is 0.261. The monoisotopic (exact) mass is 397 g/mol. The molecule has 0 radical (unpaired) electrons. The van der Waals surface area contributed by atoms with E-state index in [2.05, 4.69) is 28.4 Å². The number of fused-ring (bicyclic) bond motifs is 1. The van der Waals surface area contributed by atoms with Crippen LogP contribution in [0.3, 0.4) is 0 Å². The molecule has 3 amide bonds.